The maximum Gasteiger partial charge on any atom is 0.256 e. The summed E-state index contributed by atoms with van der Waals surface area (Å²) in [5.41, 5.74) is 4.96. The Morgan fingerprint density at radius 3 is 2.56 bits per heavy atom. The summed E-state index contributed by atoms with van der Waals surface area (Å²) in [4.78, 5) is 22.9. The molecule has 3 aromatic carbocycles. The maximum absolute atomic E-state index is 14.0. The van der Waals surface area contributed by atoms with E-state index >= 15 is 0 Å². The Hall–Kier alpha value is -4.56. The monoisotopic (exact) mass is 547 g/mol. The number of carbonyl (C=O) groups is 1. The van der Waals surface area contributed by atoms with Crippen LogP contribution in [0, 0.1) is 6.92 Å². The molecule has 2 aliphatic rings. The number of rotatable bonds is 6. The quantitative estimate of drug-likeness (QED) is 0.299. The zero-order chi connectivity index (χ0) is 27.9. The lowest BCUT2D eigenvalue weighted by Gasteiger charge is -2.32. The molecule has 208 valence electrons. The molecular weight excluding hydrogens is 514 g/mol. The molecule has 2 aliphatic heterocycles. The van der Waals surface area contributed by atoms with Gasteiger partial charge in [-0.2, -0.15) is 0 Å². The molecule has 8 heteroatoms. The lowest BCUT2D eigenvalue weighted by molar-refractivity contribution is 0.0665. The van der Waals surface area contributed by atoms with E-state index in [1.165, 1.54) is 0 Å². The van der Waals surface area contributed by atoms with Crippen LogP contribution in [0.4, 0.5) is 0 Å². The van der Waals surface area contributed by atoms with Crippen LogP contribution in [0.25, 0.3) is 21.9 Å². The highest BCUT2D eigenvalue weighted by Crippen LogP contribution is 2.34. The second-order valence-electron chi connectivity index (χ2n) is 11.0. The summed E-state index contributed by atoms with van der Waals surface area (Å²) < 4.78 is 15.4. The minimum absolute atomic E-state index is 0.0878. The Bertz CT molecular complexity index is 1740. The number of imidazole rings is 1. The predicted molar refractivity (Wildman–Crippen MR) is 159 cm³/mol. The molecule has 8 nitrogen and oxygen atoms in total. The molecule has 1 fully saturated rings. The Labute approximate surface area is 239 Å². The first kappa shape index (κ1) is 25.4. The van der Waals surface area contributed by atoms with E-state index in [4.69, 9.17) is 9.47 Å². The summed E-state index contributed by atoms with van der Waals surface area (Å²) in [5, 5.41) is 2.30. The fraction of sp³-hybridized carbons (Fsp3) is 0.273. The zero-order valence-electron chi connectivity index (χ0n) is 23.4. The molecule has 0 unspecified atom stereocenters. The summed E-state index contributed by atoms with van der Waals surface area (Å²) in [6, 6.07) is 20.7. The molecule has 0 aliphatic carbocycles. The number of aryl methyl sites for hydroxylation is 1. The molecule has 41 heavy (non-hydrogen) atoms. The van der Waals surface area contributed by atoms with Crippen molar-refractivity contribution in [2.75, 3.05) is 40.0 Å². The van der Waals surface area contributed by atoms with Crippen molar-refractivity contribution < 1.29 is 14.3 Å². The number of fused-ring (bicyclic) bond motifs is 2. The number of hydrogen-bond donors (Lipinski definition) is 0. The van der Waals surface area contributed by atoms with Gasteiger partial charge in [0.25, 0.3) is 5.91 Å². The third-order valence-electron chi connectivity index (χ3n) is 8.24. The lowest BCUT2D eigenvalue weighted by Crippen LogP contribution is -2.47. The average Bonchev–Trinajstić information content (AvgIpc) is 3.72. The normalized spacial score (nSPS) is 15.1. The van der Waals surface area contributed by atoms with E-state index in [0.29, 0.717) is 13.1 Å². The van der Waals surface area contributed by atoms with Crippen molar-refractivity contribution in [1.29, 1.82) is 0 Å². The van der Waals surface area contributed by atoms with Crippen LogP contribution in [-0.4, -0.2) is 69.8 Å². The Balaban J connectivity index is 1.25. The van der Waals surface area contributed by atoms with Crippen molar-refractivity contribution >= 4 is 16.7 Å². The number of likely N-dealkylation sites (N-methyl/N-ethyl adjacent to an activating group) is 1. The Morgan fingerprint density at radius 1 is 0.878 bits per heavy atom. The van der Waals surface area contributed by atoms with Gasteiger partial charge in [0.15, 0.2) is 11.5 Å². The molecule has 1 amide bonds. The van der Waals surface area contributed by atoms with Crippen LogP contribution >= 0.6 is 0 Å². The summed E-state index contributed by atoms with van der Waals surface area (Å²) in [6.45, 7) is 6.78. The third kappa shape index (κ3) is 4.85. The number of carbonyl (C=O) groups excluding carboxylic acids is 1. The minimum Gasteiger partial charge on any atom is -0.454 e. The average molecular weight is 548 g/mol. The van der Waals surface area contributed by atoms with Gasteiger partial charge in [-0.05, 0) is 48.0 Å². The number of ether oxygens (including phenoxy) is 2. The van der Waals surface area contributed by atoms with Crippen LogP contribution in [0.15, 0.2) is 79.3 Å². The van der Waals surface area contributed by atoms with Crippen LogP contribution in [0.5, 0.6) is 11.5 Å². The minimum atomic E-state index is 0.0878. The van der Waals surface area contributed by atoms with Crippen molar-refractivity contribution in [3.63, 3.8) is 0 Å². The first-order chi connectivity index (χ1) is 20.0. The van der Waals surface area contributed by atoms with Crippen LogP contribution < -0.4 is 9.47 Å². The lowest BCUT2D eigenvalue weighted by atomic mass is 9.97. The standard InChI is InChI=1S/C33H33N5O3/c1-23-34-17-26(38(23)18-24-10-11-31-32(16-24)41-22-40-31)19-36-20-29(28-9-5-7-25-6-3-4-8-27(25)28)30(21-36)33(39)37-14-12-35(2)13-15-37/h3-11,16-17,20-21H,12-15,18-19,22H2,1-2H3. The molecule has 0 saturated carbocycles. The zero-order valence-corrected chi connectivity index (χ0v) is 23.4. The van der Waals surface area contributed by atoms with Gasteiger partial charge in [0.05, 0.1) is 24.0 Å². The van der Waals surface area contributed by atoms with Gasteiger partial charge in [-0.25, -0.2) is 4.98 Å². The molecular formula is C33H33N5O3. The van der Waals surface area contributed by atoms with Crippen molar-refractivity contribution in [3.05, 3.63) is 102 Å². The number of hydrogen-bond acceptors (Lipinski definition) is 5. The third-order valence-corrected chi connectivity index (χ3v) is 8.24. The number of aromatic nitrogens is 3. The smallest absolute Gasteiger partial charge is 0.256 e. The summed E-state index contributed by atoms with van der Waals surface area (Å²) in [6.07, 6.45) is 6.07. The topological polar surface area (TPSA) is 64.8 Å². The van der Waals surface area contributed by atoms with E-state index in [0.717, 1.165) is 82.2 Å². The van der Waals surface area contributed by atoms with Crippen molar-refractivity contribution in [2.24, 2.45) is 0 Å². The molecule has 1 saturated heterocycles. The molecule has 5 aromatic rings. The molecule has 0 spiro atoms. The van der Waals surface area contributed by atoms with E-state index in [2.05, 4.69) is 80.8 Å². The molecule has 0 bridgehead atoms. The van der Waals surface area contributed by atoms with E-state index in [1.807, 2.05) is 36.4 Å². The van der Waals surface area contributed by atoms with E-state index in [-0.39, 0.29) is 12.7 Å². The van der Waals surface area contributed by atoms with E-state index < -0.39 is 0 Å². The van der Waals surface area contributed by atoms with Crippen LogP contribution in [0.1, 0.15) is 27.4 Å². The second-order valence-corrected chi connectivity index (χ2v) is 11.0. The summed E-state index contributed by atoms with van der Waals surface area (Å²) in [7, 11) is 2.11. The Morgan fingerprint density at radius 2 is 1.68 bits per heavy atom. The highest BCUT2D eigenvalue weighted by atomic mass is 16.7. The van der Waals surface area contributed by atoms with Gasteiger partial charge in [-0.1, -0.05) is 48.5 Å². The second kappa shape index (κ2) is 10.4. The predicted octanol–water partition coefficient (Wildman–Crippen LogP) is 5.03. The Kier molecular flexibility index (Phi) is 6.47. The molecule has 7 rings (SSSR count). The first-order valence-corrected chi connectivity index (χ1v) is 14.1. The number of piperazine rings is 1. The molecule has 0 N–H and O–H groups in total. The van der Waals surface area contributed by atoms with Gasteiger partial charge in [0.1, 0.15) is 5.82 Å². The van der Waals surface area contributed by atoms with Gasteiger partial charge in [0.2, 0.25) is 6.79 Å². The van der Waals surface area contributed by atoms with Crippen molar-refractivity contribution in [1.82, 2.24) is 23.9 Å². The van der Waals surface area contributed by atoms with Crippen LogP contribution in [0.3, 0.4) is 0 Å². The van der Waals surface area contributed by atoms with Gasteiger partial charge in [0, 0.05) is 50.7 Å². The van der Waals surface area contributed by atoms with Crippen molar-refractivity contribution in [3.8, 4) is 22.6 Å². The largest absolute Gasteiger partial charge is 0.454 e. The maximum atomic E-state index is 14.0. The van der Waals surface area contributed by atoms with Gasteiger partial charge < -0.3 is 28.4 Å². The molecule has 0 atom stereocenters. The summed E-state index contributed by atoms with van der Waals surface area (Å²) >= 11 is 0. The van der Waals surface area contributed by atoms with E-state index in [1.54, 1.807) is 0 Å². The first-order valence-electron chi connectivity index (χ1n) is 14.1. The van der Waals surface area contributed by atoms with Gasteiger partial charge in [-0.3, -0.25) is 4.79 Å². The molecule has 4 heterocycles. The molecule has 2 aromatic heterocycles. The fourth-order valence-electron chi connectivity index (χ4n) is 5.89. The van der Waals surface area contributed by atoms with E-state index in [9.17, 15) is 4.79 Å². The SMILES string of the molecule is Cc1ncc(Cn2cc(C(=O)N3CCN(C)CC3)c(-c3cccc4ccccc34)c2)n1Cc1ccc2c(c1)OCO2. The van der Waals surface area contributed by atoms with Crippen LogP contribution in [0.2, 0.25) is 0 Å². The van der Waals surface area contributed by atoms with Crippen LogP contribution in [-0.2, 0) is 13.1 Å². The number of benzene rings is 3. The number of amides is 1. The van der Waals surface area contributed by atoms with Crippen molar-refractivity contribution in [2.45, 2.75) is 20.0 Å². The van der Waals surface area contributed by atoms with Gasteiger partial charge in [-0.15, -0.1) is 0 Å². The van der Waals surface area contributed by atoms with Gasteiger partial charge >= 0.3 is 0 Å². The summed E-state index contributed by atoms with van der Waals surface area (Å²) in [5.74, 6) is 2.58. The highest BCUT2D eigenvalue weighted by Gasteiger charge is 2.25. The highest BCUT2D eigenvalue weighted by molar-refractivity contribution is 6.06. The fourth-order valence-corrected chi connectivity index (χ4v) is 5.89. The number of nitrogens with zero attached hydrogens (tertiary/aromatic N) is 5. The molecule has 0 radical (unpaired) electrons.